The lowest BCUT2D eigenvalue weighted by atomic mass is 10.1. The quantitative estimate of drug-likeness (QED) is 0.659. The van der Waals surface area contributed by atoms with Crippen molar-refractivity contribution in [2.24, 2.45) is 5.92 Å². The number of benzene rings is 2. The Hall–Kier alpha value is -3.41. The van der Waals surface area contributed by atoms with Gasteiger partial charge in [-0.2, -0.15) is 0 Å². The lowest BCUT2D eigenvalue weighted by Crippen LogP contribution is -2.33. The molecule has 2 aromatic carbocycles. The van der Waals surface area contributed by atoms with Gasteiger partial charge in [0.05, 0.1) is 0 Å². The van der Waals surface area contributed by atoms with Crippen LogP contribution < -0.4 is 10.2 Å². The van der Waals surface area contributed by atoms with E-state index in [9.17, 15) is 9.59 Å². The molecule has 1 aromatic heterocycles. The van der Waals surface area contributed by atoms with Gasteiger partial charge in [-0.1, -0.05) is 18.2 Å². The molecule has 1 unspecified atom stereocenters. The number of nitrogens with zero attached hydrogens (tertiary/aromatic N) is 3. The largest absolute Gasteiger partial charge is 0.331 e. The standard InChI is InChI=1S/C24H26N4O2/c1-16-4-9-21(14-17(16)2)28-12-10-22(24(28)30)23(29)26-20-7-5-19(6-8-20)15-27-13-11-25-18(27)3/h4-9,11,13-14,22H,10,12,15H2,1-3H3,(H,26,29). The summed E-state index contributed by atoms with van der Waals surface area (Å²) < 4.78 is 2.06. The van der Waals surface area contributed by atoms with Gasteiger partial charge in [-0.15, -0.1) is 0 Å². The summed E-state index contributed by atoms with van der Waals surface area (Å²) in [6.07, 6.45) is 4.25. The van der Waals surface area contributed by atoms with Gasteiger partial charge in [0, 0.05) is 36.9 Å². The number of carbonyl (C=O) groups is 2. The predicted molar refractivity (Wildman–Crippen MR) is 118 cm³/mol. The molecule has 0 bridgehead atoms. The minimum atomic E-state index is -0.653. The highest BCUT2D eigenvalue weighted by Crippen LogP contribution is 2.28. The third-order valence-corrected chi connectivity index (χ3v) is 5.82. The first kappa shape index (κ1) is 19.9. The van der Waals surface area contributed by atoms with Crippen molar-refractivity contribution in [1.29, 1.82) is 0 Å². The van der Waals surface area contributed by atoms with E-state index in [1.807, 2.05) is 69.4 Å². The molecular weight excluding hydrogens is 376 g/mol. The summed E-state index contributed by atoms with van der Waals surface area (Å²) in [6, 6.07) is 13.7. The molecule has 30 heavy (non-hydrogen) atoms. The molecule has 1 aliphatic heterocycles. The second kappa shape index (κ2) is 8.14. The van der Waals surface area contributed by atoms with Gasteiger partial charge >= 0.3 is 0 Å². The smallest absolute Gasteiger partial charge is 0.239 e. The Morgan fingerprint density at radius 1 is 1.10 bits per heavy atom. The second-order valence-electron chi connectivity index (χ2n) is 7.89. The summed E-state index contributed by atoms with van der Waals surface area (Å²) in [5.41, 5.74) is 5.00. The molecule has 6 nitrogen and oxygen atoms in total. The number of aromatic nitrogens is 2. The molecule has 6 heteroatoms. The molecule has 2 amide bonds. The van der Waals surface area contributed by atoms with Gasteiger partial charge in [0.25, 0.3) is 0 Å². The van der Waals surface area contributed by atoms with Crippen LogP contribution in [0.4, 0.5) is 11.4 Å². The fourth-order valence-electron chi connectivity index (χ4n) is 3.76. The van der Waals surface area contributed by atoms with Crippen molar-refractivity contribution < 1.29 is 9.59 Å². The van der Waals surface area contributed by atoms with Gasteiger partial charge in [0.2, 0.25) is 11.8 Å². The molecule has 4 rings (SSSR count). The van der Waals surface area contributed by atoms with Gasteiger partial charge < -0.3 is 14.8 Å². The Labute approximate surface area is 176 Å². The fourth-order valence-corrected chi connectivity index (χ4v) is 3.76. The summed E-state index contributed by atoms with van der Waals surface area (Å²) in [4.78, 5) is 31.5. The SMILES string of the molecule is Cc1ccc(N2CCC(C(=O)Nc3ccc(Cn4ccnc4C)cc3)C2=O)cc1C. The van der Waals surface area contributed by atoms with E-state index in [2.05, 4.69) is 14.9 Å². The third kappa shape index (κ3) is 3.99. The fraction of sp³-hybridized carbons (Fsp3) is 0.292. The predicted octanol–water partition coefficient (Wildman–Crippen LogP) is 3.85. The molecule has 0 spiro atoms. The van der Waals surface area contributed by atoms with Crippen LogP contribution in [-0.2, 0) is 16.1 Å². The maximum atomic E-state index is 12.9. The zero-order chi connectivity index (χ0) is 21.3. The molecule has 1 aliphatic rings. The number of carbonyl (C=O) groups excluding carboxylic acids is 2. The summed E-state index contributed by atoms with van der Waals surface area (Å²) in [7, 11) is 0. The zero-order valence-corrected chi connectivity index (χ0v) is 17.6. The molecule has 0 aliphatic carbocycles. The highest BCUT2D eigenvalue weighted by Gasteiger charge is 2.37. The van der Waals surface area contributed by atoms with Crippen molar-refractivity contribution >= 4 is 23.2 Å². The Kier molecular flexibility index (Phi) is 5.40. The van der Waals surface area contributed by atoms with Crippen LogP contribution >= 0.6 is 0 Å². The Balaban J connectivity index is 1.39. The number of nitrogens with one attached hydrogen (secondary N) is 1. The normalized spacial score (nSPS) is 16.2. The van der Waals surface area contributed by atoms with Crippen LogP contribution in [0.2, 0.25) is 0 Å². The van der Waals surface area contributed by atoms with E-state index in [4.69, 9.17) is 0 Å². The summed E-state index contributed by atoms with van der Waals surface area (Å²) in [5.74, 6) is -0.0761. The van der Waals surface area contributed by atoms with Crippen LogP contribution in [0.3, 0.4) is 0 Å². The van der Waals surface area contributed by atoms with Crippen LogP contribution in [0.1, 0.15) is 28.9 Å². The summed E-state index contributed by atoms with van der Waals surface area (Å²) in [6.45, 7) is 7.33. The number of amides is 2. The van der Waals surface area contributed by atoms with E-state index < -0.39 is 5.92 Å². The number of hydrogen-bond acceptors (Lipinski definition) is 3. The molecule has 3 aromatic rings. The van der Waals surface area contributed by atoms with Crippen molar-refractivity contribution in [3.63, 3.8) is 0 Å². The van der Waals surface area contributed by atoms with E-state index in [0.717, 1.165) is 29.2 Å². The van der Waals surface area contributed by atoms with Gasteiger partial charge in [-0.25, -0.2) is 4.98 Å². The van der Waals surface area contributed by atoms with Gasteiger partial charge in [0.15, 0.2) is 0 Å². The molecule has 1 atom stereocenters. The maximum Gasteiger partial charge on any atom is 0.239 e. The third-order valence-electron chi connectivity index (χ3n) is 5.82. The first-order valence-corrected chi connectivity index (χ1v) is 10.2. The van der Waals surface area contributed by atoms with E-state index in [1.54, 1.807) is 11.1 Å². The summed E-state index contributed by atoms with van der Waals surface area (Å²) in [5, 5.41) is 2.90. The average molecular weight is 402 g/mol. The Bertz CT molecular complexity index is 1080. The van der Waals surface area contributed by atoms with Gasteiger partial charge in [0.1, 0.15) is 11.7 Å². The van der Waals surface area contributed by atoms with Crippen molar-refractivity contribution in [1.82, 2.24) is 9.55 Å². The molecule has 1 saturated heterocycles. The van der Waals surface area contributed by atoms with E-state index in [0.29, 0.717) is 18.7 Å². The minimum absolute atomic E-state index is 0.136. The maximum absolute atomic E-state index is 12.9. The van der Waals surface area contributed by atoms with Crippen molar-refractivity contribution in [3.8, 4) is 0 Å². The van der Waals surface area contributed by atoms with E-state index in [1.165, 1.54) is 5.56 Å². The van der Waals surface area contributed by atoms with Crippen LogP contribution in [0.5, 0.6) is 0 Å². The topological polar surface area (TPSA) is 67.2 Å². The van der Waals surface area contributed by atoms with E-state index >= 15 is 0 Å². The molecule has 154 valence electrons. The van der Waals surface area contributed by atoms with Crippen LogP contribution in [-0.4, -0.2) is 27.9 Å². The molecule has 0 radical (unpaired) electrons. The lowest BCUT2D eigenvalue weighted by molar-refractivity contribution is -0.129. The number of imidazole rings is 1. The number of rotatable bonds is 5. The Morgan fingerprint density at radius 3 is 2.53 bits per heavy atom. The van der Waals surface area contributed by atoms with Crippen molar-refractivity contribution in [2.45, 2.75) is 33.7 Å². The first-order valence-electron chi connectivity index (χ1n) is 10.2. The number of hydrogen-bond donors (Lipinski definition) is 1. The molecule has 1 fully saturated rings. The lowest BCUT2D eigenvalue weighted by Gasteiger charge is -2.18. The number of aryl methyl sites for hydroxylation is 3. The van der Waals surface area contributed by atoms with Gasteiger partial charge in [-0.05, 0) is 68.1 Å². The number of anilines is 2. The van der Waals surface area contributed by atoms with Crippen molar-refractivity contribution in [3.05, 3.63) is 77.4 Å². The first-order chi connectivity index (χ1) is 14.4. The second-order valence-corrected chi connectivity index (χ2v) is 7.89. The van der Waals surface area contributed by atoms with Crippen LogP contribution in [0.15, 0.2) is 54.9 Å². The zero-order valence-electron chi connectivity index (χ0n) is 17.6. The monoisotopic (exact) mass is 402 g/mol. The molecule has 2 heterocycles. The Morgan fingerprint density at radius 2 is 1.87 bits per heavy atom. The van der Waals surface area contributed by atoms with Crippen LogP contribution in [0, 0.1) is 26.7 Å². The van der Waals surface area contributed by atoms with Gasteiger partial charge in [-0.3, -0.25) is 9.59 Å². The highest BCUT2D eigenvalue weighted by molar-refractivity contribution is 6.13. The minimum Gasteiger partial charge on any atom is -0.331 e. The van der Waals surface area contributed by atoms with E-state index in [-0.39, 0.29) is 11.8 Å². The molecule has 0 saturated carbocycles. The van der Waals surface area contributed by atoms with Crippen molar-refractivity contribution in [2.75, 3.05) is 16.8 Å². The average Bonchev–Trinajstić information content (AvgIpc) is 3.31. The summed E-state index contributed by atoms with van der Waals surface area (Å²) >= 11 is 0. The van der Waals surface area contributed by atoms with Crippen LogP contribution in [0.25, 0.3) is 0 Å². The highest BCUT2D eigenvalue weighted by atomic mass is 16.2. The molecular formula is C24H26N4O2. The molecule has 1 N–H and O–H groups in total.